The van der Waals surface area contributed by atoms with Gasteiger partial charge in [0, 0.05) is 0 Å². The maximum Gasteiger partial charge on any atom is 0.335 e. The van der Waals surface area contributed by atoms with E-state index in [0.717, 1.165) is 69.1 Å². The van der Waals surface area contributed by atoms with Gasteiger partial charge in [-0.25, -0.2) is 19.2 Å². The summed E-state index contributed by atoms with van der Waals surface area (Å²) in [4.78, 5) is 47.4. The lowest BCUT2D eigenvalue weighted by Crippen LogP contribution is -2.08. The molecule has 4 rings (SSSR count). The molecule has 0 bridgehead atoms. The SMILES string of the molecule is CCCCCCCCCCOc1cc(COc2cc(COc3cc(C(=O)O)cc(C(=O)O)c3)cc(COc3cc(C(=O)O)cc(C(=O)O)c3)c2)cc(OCCCCCCCCCC)c1OCCCCCCCCCC. The molecule has 0 aromatic heterocycles. The Morgan fingerprint density at radius 2 is 0.573 bits per heavy atom. The van der Waals surface area contributed by atoms with E-state index in [0.29, 0.717) is 53.9 Å². The summed E-state index contributed by atoms with van der Waals surface area (Å²) in [6, 6.07) is 16.1. The first-order chi connectivity index (χ1) is 36.4. The molecule has 0 aliphatic rings. The van der Waals surface area contributed by atoms with Crippen molar-refractivity contribution in [2.24, 2.45) is 0 Å². The Hall–Kier alpha value is -6.44. The molecule has 412 valence electrons. The first-order valence-corrected chi connectivity index (χ1v) is 27.7. The van der Waals surface area contributed by atoms with E-state index >= 15 is 0 Å². The van der Waals surface area contributed by atoms with Crippen molar-refractivity contribution < 1.29 is 68.0 Å². The molecule has 0 saturated heterocycles. The summed E-state index contributed by atoms with van der Waals surface area (Å²) in [5.41, 5.74) is 0.827. The zero-order valence-corrected chi connectivity index (χ0v) is 44.9. The molecule has 0 saturated carbocycles. The molecule has 14 nitrogen and oxygen atoms in total. The molecule has 0 amide bonds. The highest BCUT2D eigenvalue weighted by molar-refractivity contribution is 5.95. The maximum atomic E-state index is 11.8. The van der Waals surface area contributed by atoms with Gasteiger partial charge in [-0.05, 0) is 103 Å². The van der Waals surface area contributed by atoms with E-state index in [1.54, 1.807) is 18.2 Å². The average molecular weight is 1040 g/mol. The number of hydrogen-bond acceptors (Lipinski definition) is 10. The first kappa shape index (κ1) is 61.1. The second-order valence-corrected chi connectivity index (χ2v) is 19.5. The molecule has 4 aromatic rings. The lowest BCUT2D eigenvalue weighted by Gasteiger charge is -2.19. The molecule has 0 spiro atoms. The van der Waals surface area contributed by atoms with E-state index in [4.69, 9.17) is 28.4 Å². The minimum absolute atomic E-state index is 0.0202. The number of rotatable bonds is 43. The van der Waals surface area contributed by atoms with Crippen LogP contribution in [0.4, 0.5) is 0 Å². The lowest BCUT2D eigenvalue weighted by molar-refractivity contribution is 0.0675. The Morgan fingerprint density at radius 3 is 0.880 bits per heavy atom. The van der Waals surface area contributed by atoms with Crippen LogP contribution in [-0.4, -0.2) is 64.1 Å². The molecule has 0 unspecified atom stereocenters. The van der Waals surface area contributed by atoms with E-state index in [-0.39, 0.29) is 53.6 Å². The largest absolute Gasteiger partial charge is 0.490 e. The number of ether oxygens (including phenoxy) is 6. The standard InChI is InChI=1S/C61H84O14/c1-4-7-10-13-16-19-22-25-28-70-55-34-47(35-56(71-29-26-23-20-17-14-11-8-5-2)57(55)72-30-27-24-21-18-15-12-9-6-3)44-73-52-32-45(42-74-53-38-48(58(62)63)36-49(39-53)59(64)65)31-46(33-52)43-75-54-40-50(60(66)67)37-51(41-54)61(68)69/h31-41H,4-30,42-44H2,1-3H3,(H,62,63)(H,64,65)(H,66,67)(H,68,69). The number of benzene rings is 4. The highest BCUT2D eigenvalue weighted by atomic mass is 16.5. The molecular formula is C61H84O14. The van der Waals surface area contributed by atoms with Crippen LogP contribution in [-0.2, 0) is 19.8 Å². The fraction of sp³-hybridized carbons (Fsp3) is 0.541. The van der Waals surface area contributed by atoms with Crippen LogP contribution in [0.3, 0.4) is 0 Å². The summed E-state index contributed by atoms with van der Waals surface area (Å²) in [6.45, 7) is 8.06. The molecule has 0 aliphatic carbocycles. The quantitative estimate of drug-likeness (QED) is 0.0305. The highest BCUT2D eigenvalue weighted by Crippen LogP contribution is 2.40. The Kier molecular flexibility index (Phi) is 29.1. The Balaban J connectivity index is 1.64. The lowest BCUT2D eigenvalue weighted by atomic mass is 10.1. The maximum absolute atomic E-state index is 11.8. The van der Waals surface area contributed by atoms with Gasteiger partial charge in [0.1, 0.15) is 37.1 Å². The van der Waals surface area contributed by atoms with Crippen LogP contribution in [0.5, 0.6) is 34.5 Å². The van der Waals surface area contributed by atoms with Crippen molar-refractivity contribution in [3.8, 4) is 34.5 Å². The average Bonchev–Trinajstić information content (AvgIpc) is 3.40. The molecule has 0 aliphatic heterocycles. The molecular weight excluding hydrogens is 957 g/mol. The summed E-state index contributed by atoms with van der Waals surface area (Å²) < 4.78 is 38.2. The summed E-state index contributed by atoms with van der Waals surface area (Å²) in [5.74, 6) is -3.06. The number of carboxylic acids is 4. The number of aromatic carboxylic acids is 4. The topological polar surface area (TPSA) is 205 Å². The number of hydrogen-bond donors (Lipinski definition) is 4. The summed E-state index contributed by atoms with van der Waals surface area (Å²) >= 11 is 0. The van der Waals surface area contributed by atoms with Crippen molar-refractivity contribution in [2.75, 3.05) is 19.8 Å². The second-order valence-electron chi connectivity index (χ2n) is 19.5. The van der Waals surface area contributed by atoms with Gasteiger partial charge < -0.3 is 48.8 Å². The molecule has 0 heterocycles. The zero-order chi connectivity index (χ0) is 54.0. The number of unbranched alkanes of at least 4 members (excludes halogenated alkanes) is 21. The third kappa shape index (κ3) is 24.2. The van der Waals surface area contributed by atoms with Crippen molar-refractivity contribution in [1.29, 1.82) is 0 Å². The van der Waals surface area contributed by atoms with E-state index in [2.05, 4.69) is 20.8 Å². The molecule has 14 heteroatoms. The van der Waals surface area contributed by atoms with Gasteiger partial charge in [-0.3, -0.25) is 0 Å². The zero-order valence-electron chi connectivity index (χ0n) is 44.9. The Labute approximate surface area is 445 Å². The third-order valence-corrected chi connectivity index (χ3v) is 12.9. The van der Waals surface area contributed by atoms with Crippen LogP contribution in [0.25, 0.3) is 0 Å². The normalized spacial score (nSPS) is 11.0. The predicted octanol–water partition coefficient (Wildman–Crippen LogP) is 15.8. The Bertz CT molecular complexity index is 2140. The minimum atomic E-state index is -1.32. The number of carbonyl (C=O) groups is 4. The smallest absolute Gasteiger partial charge is 0.335 e. The second kappa shape index (κ2) is 35.7. The van der Waals surface area contributed by atoms with E-state index in [1.165, 1.54) is 127 Å². The molecule has 4 N–H and O–H groups in total. The summed E-state index contributed by atoms with van der Waals surface area (Å²) in [5, 5.41) is 38.6. The van der Waals surface area contributed by atoms with Crippen LogP contribution in [0.1, 0.15) is 233 Å². The fourth-order valence-corrected chi connectivity index (χ4v) is 8.65. The van der Waals surface area contributed by atoms with Crippen molar-refractivity contribution in [3.05, 3.63) is 106 Å². The van der Waals surface area contributed by atoms with Crippen molar-refractivity contribution in [2.45, 2.75) is 195 Å². The van der Waals surface area contributed by atoms with Crippen molar-refractivity contribution in [3.63, 3.8) is 0 Å². The van der Waals surface area contributed by atoms with Gasteiger partial charge in [0.2, 0.25) is 5.75 Å². The van der Waals surface area contributed by atoms with Gasteiger partial charge in [0.15, 0.2) is 11.5 Å². The molecule has 4 aromatic carbocycles. The molecule has 75 heavy (non-hydrogen) atoms. The fourth-order valence-electron chi connectivity index (χ4n) is 8.65. The molecule has 0 radical (unpaired) electrons. The monoisotopic (exact) mass is 1040 g/mol. The van der Waals surface area contributed by atoms with Crippen molar-refractivity contribution in [1.82, 2.24) is 0 Å². The predicted molar refractivity (Wildman–Crippen MR) is 291 cm³/mol. The van der Waals surface area contributed by atoms with E-state index in [1.807, 2.05) is 12.1 Å². The summed E-state index contributed by atoms with van der Waals surface area (Å²) in [6.07, 6.45) is 28.1. The number of carboxylic acid groups (broad SMARTS) is 4. The van der Waals surface area contributed by atoms with Crippen LogP contribution < -0.4 is 28.4 Å². The van der Waals surface area contributed by atoms with Crippen molar-refractivity contribution >= 4 is 23.9 Å². The third-order valence-electron chi connectivity index (χ3n) is 12.9. The highest BCUT2D eigenvalue weighted by Gasteiger charge is 2.19. The van der Waals surface area contributed by atoms with Gasteiger partial charge in [0.05, 0.1) is 42.1 Å². The summed E-state index contributed by atoms with van der Waals surface area (Å²) in [7, 11) is 0. The van der Waals surface area contributed by atoms with Gasteiger partial charge in [-0.15, -0.1) is 0 Å². The Morgan fingerprint density at radius 1 is 0.307 bits per heavy atom. The van der Waals surface area contributed by atoms with Gasteiger partial charge in [-0.1, -0.05) is 156 Å². The molecule has 0 atom stereocenters. The van der Waals surface area contributed by atoms with Gasteiger partial charge in [0.25, 0.3) is 0 Å². The first-order valence-electron chi connectivity index (χ1n) is 27.7. The van der Waals surface area contributed by atoms with Gasteiger partial charge in [-0.2, -0.15) is 0 Å². The minimum Gasteiger partial charge on any atom is -0.490 e. The van der Waals surface area contributed by atoms with Gasteiger partial charge >= 0.3 is 23.9 Å². The van der Waals surface area contributed by atoms with Crippen LogP contribution in [0.15, 0.2) is 66.7 Å². The molecule has 0 fully saturated rings. The van der Waals surface area contributed by atoms with E-state index < -0.39 is 23.9 Å². The van der Waals surface area contributed by atoms with Crippen LogP contribution in [0, 0.1) is 0 Å². The van der Waals surface area contributed by atoms with Crippen LogP contribution in [0.2, 0.25) is 0 Å². The van der Waals surface area contributed by atoms with E-state index in [9.17, 15) is 39.6 Å². The van der Waals surface area contributed by atoms with Crippen LogP contribution >= 0.6 is 0 Å².